The molecule has 2 heterocycles. The Balaban J connectivity index is 2.03. The van der Waals surface area contributed by atoms with Gasteiger partial charge in [-0.2, -0.15) is 23.3 Å². The van der Waals surface area contributed by atoms with Gasteiger partial charge in [0, 0.05) is 5.38 Å². The van der Waals surface area contributed by atoms with Gasteiger partial charge in [-0.05, 0) is 29.8 Å². The Morgan fingerprint density at radius 1 is 1.35 bits per heavy atom. The minimum absolute atomic E-state index is 0.0143. The van der Waals surface area contributed by atoms with Crippen molar-refractivity contribution < 1.29 is 32.9 Å². The Morgan fingerprint density at radius 2 is 2.00 bits per heavy atom. The first-order valence-electron chi connectivity index (χ1n) is 7.16. The van der Waals surface area contributed by atoms with Gasteiger partial charge in [0.15, 0.2) is 5.69 Å². The minimum Gasteiger partial charge on any atom is -0.497 e. The molecule has 0 fully saturated rings. The monoisotopic (exact) mass is 387 g/mol. The second-order valence-corrected chi connectivity index (χ2v) is 6.24. The number of halogens is 3. The molecular weight excluding hydrogens is 375 g/mol. The molecule has 0 spiro atoms. The molecule has 0 unspecified atom stereocenters. The quantitative estimate of drug-likeness (QED) is 0.838. The number of anilines is 1. The molecule has 11 heteroatoms. The van der Waals surface area contributed by atoms with Crippen molar-refractivity contribution in [3.8, 4) is 5.75 Å². The van der Waals surface area contributed by atoms with E-state index >= 15 is 0 Å². The summed E-state index contributed by atoms with van der Waals surface area (Å²) in [5.74, 6) is -0.872. The summed E-state index contributed by atoms with van der Waals surface area (Å²) >= 11 is 0.644. The van der Waals surface area contributed by atoms with E-state index in [1.807, 2.05) is 0 Å². The van der Waals surface area contributed by atoms with E-state index < -0.39 is 30.0 Å². The van der Waals surface area contributed by atoms with Crippen molar-refractivity contribution in [3.05, 3.63) is 40.9 Å². The average molecular weight is 387 g/mol. The molecule has 0 aliphatic carbocycles. The van der Waals surface area contributed by atoms with Crippen LogP contribution >= 0.6 is 11.3 Å². The van der Waals surface area contributed by atoms with Gasteiger partial charge in [0.05, 0.1) is 19.2 Å². The van der Waals surface area contributed by atoms with Crippen LogP contribution in [0.2, 0.25) is 0 Å². The zero-order valence-electron chi connectivity index (χ0n) is 13.2. The number of ether oxygens (including phenoxy) is 1. The SMILES string of the molecule is COc1ccc(C2=NN(c3nc(C(=O)O)cs3)[C@@](O)(C(F)(F)F)C2)cc1. The number of hydrazone groups is 1. The number of alkyl halides is 3. The molecule has 26 heavy (non-hydrogen) atoms. The Hall–Kier alpha value is -2.66. The fourth-order valence-corrected chi connectivity index (χ4v) is 3.18. The van der Waals surface area contributed by atoms with Crippen molar-refractivity contribution in [1.29, 1.82) is 0 Å². The number of carboxylic acid groups (broad SMARTS) is 1. The Kier molecular flexibility index (Phi) is 4.36. The second kappa shape index (κ2) is 6.25. The molecule has 1 aliphatic heterocycles. The number of rotatable bonds is 4. The van der Waals surface area contributed by atoms with Crippen molar-refractivity contribution >= 4 is 28.1 Å². The number of nitrogens with zero attached hydrogens (tertiary/aromatic N) is 3. The van der Waals surface area contributed by atoms with Gasteiger partial charge in [0.2, 0.25) is 5.13 Å². The van der Waals surface area contributed by atoms with Crippen LogP contribution in [0.4, 0.5) is 18.3 Å². The third-order valence-corrected chi connectivity index (χ3v) is 4.57. The van der Waals surface area contributed by atoms with Crippen LogP contribution in [-0.2, 0) is 0 Å². The van der Waals surface area contributed by atoms with Crippen LogP contribution in [0.25, 0.3) is 0 Å². The fraction of sp³-hybridized carbons (Fsp3) is 0.267. The Labute approximate surface area is 149 Å². The highest BCUT2D eigenvalue weighted by Gasteiger charge is 2.62. The van der Waals surface area contributed by atoms with E-state index in [0.717, 1.165) is 5.38 Å². The maximum Gasteiger partial charge on any atom is 0.438 e. The summed E-state index contributed by atoms with van der Waals surface area (Å²) in [6.07, 6.45) is -5.87. The number of benzene rings is 1. The van der Waals surface area contributed by atoms with Gasteiger partial charge in [0.25, 0.3) is 5.72 Å². The highest BCUT2D eigenvalue weighted by atomic mass is 32.1. The fourth-order valence-electron chi connectivity index (χ4n) is 2.37. The number of aromatic nitrogens is 1. The topological polar surface area (TPSA) is 95.2 Å². The van der Waals surface area contributed by atoms with Gasteiger partial charge in [-0.25, -0.2) is 9.78 Å². The predicted octanol–water partition coefficient (Wildman–Crippen LogP) is 2.72. The molecule has 2 aromatic rings. The number of aliphatic hydroxyl groups is 1. The summed E-state index contributed by atoms with van der Waals surface area (Å²) in [6.45, 7) is 0. The van der Waals surface area contributed by atoms with Crippen molar-refractivity contribution in [2.24, 2.45) is 5.10 Å². The second-order valence-electron chi connectivity index (χ2n) is 5.40. The first kappa shape index (κ1) is 18.1. The maximum atomic E-state index is 13.5. The van der Waals surface area contributed by atoms with Crippen molar-refractivity contribution in [2.45, 2.75) is 18.3 Å². The molecule has 1 aliphatic rings. The molecule has 3 rings (SSSR count). The molecule has 0 saturated carbocycles. The Morgan fingerprint density at radius 3 is 2.50 bits per heavy atom. The summed E-state index contributed by atoms with van der Waals surface area (Å²) in [4.78, 5) is 14.5. The van der Waals surface area contributed by atoms with Crippen molar-refractivity contribution in [2.75, 3.05) is 12.1 Å². The highest BCUT2D eigenvalue weighted by Crippen LogP contribution is 2.44. The number of carbonyl (C=O) groups is 1. The molecule has 2 N–H and O–H groups in total. The molecule has 0 amide bonds. The normalized spacial score (nSPS) is 20.2. The van der Waals surface area contributed by atoms with Crippen LogP contribution < -0.4 is 9.75 Å². The van der Waals surface area contributed by atoms with Gasteiger partial charge in [-0.1, -0.05) is 0 Å². The smallest absolute Gasteiger partial charge is 0.438 e. The molecule has 0 bridgehead atoms. The van der Waals surface area contributed by atoms with Gasteiger partial charge < -0.3 is 14.9 Å². The van der Waals surface area contributed by atoms with Crippen LogP contribution in [0.15, 0.2) is 34.7 Å². The number of aromatic carboxylic acids is 1. The lowest BCUT2D eigenvalue weighted by atomic mass is 10.0. The molecule has 1 atom stereocenters. The maximum absolute atomic E-state index is 13.5. The lowest BCUT2D eigenvalue weighted by molar-refractivity contribution is -0.254. The number of hydrogen-bond acceptors (Lipinski definition) is 7. The molecule has 0 radical (unpaired) electrons. The first-order chi connectivity index (χ1) is 12.2. The highest BCUT2D eigenvalue weighted by molar-refractivity contribution is 7.14. The van der Waals surface area contributed by atoms with Crippen LogP contribution in [0.5, 0.6) is 5.75 Å². The number of methoxy groups -OCH3 is 1. The third kappa shape index (κ3) is 2.99. The minimum atomic E-state index is -5.04. The Bertz CT molecular complexity index is 866. The molecule has 7 nitrogen and oxygen atoms in total. The van der Waals surface area contributed by atoms with Crippen molar-refractivity contribution in [1.82, 2.24) is 4.98 Å². The molecule has 1 aromatic heterocycles. The molecule has 1 aromatic carbocycles. The van der Waals surface area contributed by atoms with E-state index in [0.29, 0.717) is 27.7 Å². The summed E-state index contributed by atoms with van der Waals surface area (Å²) < 4.78 is 45.6. The average Bonchev–Trinajstić information content (AvgIpc) is 3.19. The standard InChI is InChI=1S/C15H12F3N3O4S/c1-25-9-4-2-8(3-5-9)10-6-14(24,15(16,17)18)21(20-10)13-19-11(7-26-13)12(22)23/h2-5,7,24H,6H2,1H3,(H,22,23)/t14-/m0/s1. The van der Waals surface area contributed by atoms with Crippen LogP contribution in [0.1, 0.15) is 22.5 Å². The van der Waals surface area contributed by atoms with Gasteiger partial charge in [-0.3, -0.25) is 0 Å². The number of hydrogen-bond donors (Lipinski definition) is 2. The summed E-state index contributed by atoms with van der Waals surface area (Å²) in [5, 5.41) is 24.1. The van der Waals surface area contributed by atoms with E-state index in [2.05, 4.69) is 10.1 Å². The molecule has 138 valence electrons. The summed E-state index contributed by atoms with van der Waals surface area (Å²) in [5.41, 5.74) is -3.40. The lowest BCUT2D eigenvalue weighted by Crippen LogP contribution is -2.55. The van der Waals surface area contributed by atoms with Crippen molar-refractivity contribution in [3.63, 3.8) is 0 Å². The van der Waals surface area contributed by atoms with Crippen LogP contribution in [0, 0.1) is 0 Å². The van der Waals surface area contributed by atoms with E-state index in [1.54, 1.807) is 12.1 Å². The number of thiazole rings is 1. The molecule has 0 saturated heterocycles. The summed E-state index contributed by atoms with van der Waals surface area (Å²) in [7, 11) is 1.45. The van der Waals surface area contributed by atoms with E-state index in [-0.39, 0.29) is 10.8 Å². The molecular formula is C15H12F3N3O4S. The van der Waals surface area contributed by atoms with E-state index in [4.69, 9.17) is 9.84 Å². The van der Waals surface area contributed by atoms with Crippen LogP contribution in [0.3, 0.4) is 0 Å². The summed E-state index contributed by atoms with van der Waals surface area (Å²) in [6, 6.07) is 6.14. The van der Waals surface area contributed by atoms with E-state index in [1.165, 1.54) is 19.2 Å². The van der Waals surface area contributed by atoms with Gasteiger partial charge in [0.1, 0.15) is 5.75 Å². The predicted molar refractivity (Wildman–Crippen MR) is 86.7 cm³/mol. The third-order valence-electron chi connectivity index (χ3n) is 3.75. The lowest BCUT2D eigenvalue weighted by Gasteiger charge is -2.32. The largest absolute Gasteiger partial charge is 0.497 e. The zero-order chi connectivity index (χ0) is 19.1. The van der Waals surface area contributed by atoms with Gasteiger partial charge in [-0.15, -0.1) is 11.3 Å². The zero-order valence-corrected chi connectivity index (χ0v) is 14.0. The number of carboxylic acids is 1. The van der Waals surface area contributed by atoms with Crippen LogP contribution in [-0.4, -0.2) is 45.9 Å². The van der Waals surface area contributed by atoms with E-state index in [9.17, 15) is 23.1 Å². The first-order valence-corrected chi connectivity index (χ1v) is 8.04. The van der Waals surface area contributed by atoms with Gasteiger partial charge >= 0.3 is 12.1 Å².